The second-order valence-electron chi connectivity index (χ2n) is 5.58. The van der Waals surface area contributed by atoms with Crippen LogP contribution in [-0.2, 0) is 13.1 Å². The second kappa shape index (κ2) is 3.84. The molecule has 1 fully saturated rings. The number of hydrogen-bond donors (Lipinski definition) is 2. The van der Waals surface area contributed by atoms with Crippen molar-refractivity contribution in [2.75, 3.05) is 6.54 Å². The summed E-state index contributed by atoms with van der Waals surface area (Å²) in [4.78, 5) is 12.0. The molecule has 1 saturated carbocycles. The van der Waals surface area contributed by atoms with Gasteiger partial charge in [-0.3, -0.25) is 4.79 Å². The lowest BCUT2D eigenvalue weighted by Crippen LogP contribution is -2.29. The van der Waals surface area contributed by atoms with Gasteiger partial charge < -0.3 is 10.6 Å². The SMILES string of the molecule is CC1(CNC(=O)c2ccc3c(c2)CNC3)CC1. The third-order valence-corrected chi connectivity index (χ3v) is 3.88. The average Bonchev–Trinajstić information content (AvgIpc) is 2.90. The van der Waals surface area contributed by atoms with Gasteiger partial charge in [0.15, 0.2) is 0 Å². The van der Waals surface area contributed by atoms with E-state index in [-0.39, 0.29) is 5.91 Å². The molecule has 17 heavy (non-hydrogen) atoms. The molecule has 1 aromatic rings. The van der Waals surface area contributed by atoms with Crippen molar-refractivity contribution in [1.82, 2.24) is 10.6 Å². The number of amides is 1. The fourth-order valence-electron chi connectivity index (χ4n) is 2.22. The van der Waals surface area contributed by atoms with E-state index >= 15 is 0 Å². The number of rotatable bonds is 3. The van der Waals surface area contributed by atoms with Crippen molar-refractivity contribution in [2.24, 2.45) is 5.41 Å². The van der Waals surface area contributed by atoms with Crippen molar-refractivity contribution in [3.63, 3.8) is 0 Å². The molecule has 0 spiro atoms. The van der Waals surface area contributed by atoms with Gasteiger partial charge in [-0.2, -0.15) is 0 Å². The monoisotopic (exact) mass is 230 g/mol. The van der Waals surface area contributed by atoms with Gasteiger partial charge in [0.1, 0.15) is 0 Å². The van der Waals surface area contributed by atoms with Crippen LogP contribution in [0.1, 0.15) is 41.3 Å². The Morgan fingerprint density at radius 3 is 2.88 bits per heavy atom. The Bertz CT molecular complexity index is 463. The number of carbonyl (C=O) groups is 1. The van der Waals surface area contributed by atoms with E-state index in [0.717, 1.165) is 25.2 Å². The molecule has 0 unspecified atom stereocenters. The molecule has 1 aliphatic carbocycles. The van der Waals surface area contributed by atoms with Crippen molar-refractivity contribution in [1.29, 1.82) is 0 Å². The van der Waals surface area contributed by atoms with Crippen LogP contribution in [-0.4, -0.2) is 12.5 Å². The zero-order chi connectivity index (χ0) is 11.9. The van der Waals surface area contributed by atoms with E-state index in [2.05, 4.69) is 23.6 Å². The fraction of sp³-hybridized carbons (Fsp3) is 0.500. The normalized spacial score (nSPS) is 19.8. The van der Waals surface area contributed by atoms with Crippen molar-refractivity contribution in [2.45, 2.75) is 32.9 Å². The van der Waals surface area contributed by atoms with Gasteiger partial charge in [0.25, 0.3) is 5.91 Å². The smallest absolute Gasteiger partial charge is 0.251 e. The van der Waals surface area contributed by atoms with E-state index in [4.69, 9.17) is 0 Å². The molecular weight excluding hydrogens is 212 g/mol. The average molecular weight is 230 g/mol. The summed E-state index contributed by atoms with van der Waals surface area (Å²) >= 11 is 0. The highest BCUT2D eigenvalue weighted by Gasteiger charge is 2.37. The molecule has 0 atom stereocenters. The van der Waals surface area contributed by atoms with Crippen LogP contribution in [0.25, 0.3) is 0 Å². The molecular formula is C14H18N2O. The highest BCUT2D eigenvalue weighted by molar-refractivity contribution is 5.94. The van der Waals surface area contributed by atoms with Crippen LogP contribution in [0.4, 0.5) is 0 Å². The van der Waals surface area contributed by atoms with Crippen LogP contribution >= 0.6 is 0 Å². The van der Waals surface area contributed by atoms with Crippen LogP contribution in [0.5, 0.6) is 0 Å². The van der Waals surface area contributed by atoms with E-state index in [1.165, 1.54) is 24.0 Å². The standard InChI is InChI=1S/C14H18N2O/c1-14(4-5-14)9-16-13(17)10-2-3-11-7-15-8-12(11)6-10/h2-3,6,15H,4-5,7-9H2,1H3,(H,16,17). The molecule has 3 rings (SSSR count). The molecule has 3 heteroatoms. The van der Waals surface area contributed by atoms with Gasteiger partial charge >= 0.3 is 0 Å². The minimum atomic E-state index is 0.0628. The third kappa shape index (κ3) is 2.20. The molecule has 0 aromatic heterocycles. The van der Waals surface area contributed by atoms with Crippen LogP contribution in [0, 0.1) is 5.41 Å². The van der Waals surface area contributed by atoms with Crippen molar-refractivity contribution >= 4 is 5.91 Å². The first kappa shape index (κ1) is 10.8. The molecule has 1 aromatic carbocycles. The highest BCUT2D eigenvalue weighted by Crippen LogP contribution is 2.44. The zero-order valence-electron chi connectivity index (χ0n) is 10.2. The first-order chi connectivity index (χ1) is 8.16. The summed E-state index contributed by atoms with van der Waals surface area (Å²) in [7, 11) is 0. The maximum absolute atomic E-state index is 12.0. The van der Waals surface area contributed by atoms with E-state index in [1.807, 2.05) is 12.1 Å². The Labute approximate surface area is 102 Å². The van der Waals surface area contributed by atoms with Gasteiger partial charge in [-0.1, -0.05) is 13.0 Å². The molecule has 2 N–H and O–H groups in total. The first-order valence-corrected chi connectivity index (χ1v) is 6.27. The summed E-state index contributed by atoms with van der Waals surface area (Å²) in [6, 6.07) is 6.00. The quantitative estimate of drug-likeness (QED) is 0.831. The van der Waals surface area contributed by atoms with E-state index < -0.39 is 0 Å². The molecule has 1 heterocycles. The van der Waals surface area contributed by atoms with Gasteiger partial charge in [0.2, 0.25) is 0 Å². The van der Waals surface area contributed by atoms with Gasteiger partial charge in [0, 0.05) is 25.2 Å². The lowest BCUT2D eigenvalue weighted by molar-refractivity contribution is 0.0946. The Morgan fingerprint density at radius 1 is 1.35 bits per heavy atom. The predicted molar refractivity (Wildman–Crippen MR) is 66.7 cm³/mol. The number of nitrogens with one attached hydrogen (secondary N) is 2. The number of benzene rings is 1. The van der Waals surface area contributed by atoms with Gasteiger partial charge in [0.05, 0.1) is 0 Å². The maximum atomic E-state index is 12.0. The lowest BCUT2D eigenvalue weighted by atomic mass is 10.1. The largest absolute Gasteiger partial charge is 0.351 e. The Balaban J connectivity index is 1.68. The molecule has 2 aliphatic rings. The number of carbonyl (C=O) groups excluding carboxylic acids is 1. The molecule has 0 radical (unpaired) electrons. The van der Waals surface area contributed by atoms with Crippen molar-refractivity contribution in [3.05, 3.63) is 34.9 Å². The fourth-order valence-corrected chi connectivity index (χ4v) is 2.22. The summed E-state index contributed by atoms with van der Waals surface area (Å²) in [5, 5.41) is 6.32. The highest BCUT2D eigenvalue weighted by atomic mass is 16.1. The van der Waals surface area contributed by atoms with E-state index in [1.54, 1.807) is 0 Å². The maximum Gasteiger partial charge on any atom is 0.251 e. The summed E-state index contributed by atoms with van der Waals surface area (Å²) in [6.45, 7) is 4.84. The summed E-state index contributed by atoms with van der Waals surface area (Å²) in [5.74, 6) is 0.0628. The van der Waals surface area contributed by atoms with Crippen LogP contribution in [0.2, 0.25) is 0 Å². The molecule has 1 aliphatic heterocycles. The van der Waals surface area contributed by atoms with Gasteiger partial charge in [-0.15, -0.1) is 0 Å². The first-order valence-electron chi connectivity index (χ1n) is 6.27. The predicted octanol–water partition coefficient (Wildman–Crippen LogP) is 1.82. The molecule has 3 nitrogen and oxygen atoms in total. The van der Waals surface area contributed by atoms with Crippen LogP contribution in [0.15, 0.2) is 18.2 Å². The lowest BCUT2D eigenvalue weighted by Gasteiger charge is -2.10. The summed E-state index contributed by atoms with van der Waals surface area (Å²) in [5.41, 5.74) is 3.73. The Morgan fingerprint density at radius 2 is 2.12 bits per heavy atom. The third-order valence-electron chi connectivity index (χ3n) is 3.88. The molecule has 0 bridgehead atoms. The Kier molecular flexibility index (Phi) is 2.44. The summed E-state index contributed by atoms with van der Waals surface area (Å²) < 4.78 is 0. The second-order valence-corrected chi connectivity index (χ2v) is 5.58. The van der Waals surface area contributed by atoms with Crippen molar-refractivity contribution in [3.8, 4) is 0 Å². The minimum Gasteiger partial charge on any atom is -0.351 e. The molecule has 1 amide bonds. The number of hydrogen-bond acceptors (Lipinski definition) is 2. The Hall–Kier alpha value is -1.35. The van der Waals surface area contributed by atoms with Gasteiger partial charge in [-0.05, 0) is 41.5 Å². The van der Waals surface area contributed by atoms with Crippen LogP contribution in [0.3, 0.4) is 0 Å². The molecule has 90 valence electrons. The molecule has 0 saturated heterocycles. The van der Waals surface area contributed by atoms with E-state index in [9.17, 15) is 4.79 Å². The van der Waals surface area contributed by atoms with Crippen LogP contribution < -0.4 is 10.6 Å². The van der Waals surface area contributed by atoms with E-state index in [0.29, 0.717) is 5.41 Å². The van der Waals surface area contributed by atoms with Gasteiger partial charge in [-0.25, -0.2) is 0 Å². The minimum absolute atomic E-state index is 0.0628. The van der Waals surface area contributed by atoms with Crippen molar-refractivity contribution < 1.29 is 4.79 Å². The summed E-state index contributed by atoms with van der Waals surface area (Å²) in [6.07, 6.45) is 2.47. The topological polar surface area (TPSA) is 41.1 Å². The zero-order valence-corrected chi connectivity index (χ0v) is 10.2. The number of fused-ring (bicyclic) bond motifs is 1.